The fourth-order valence-electron chi connectivity index (χ4n) is 2.53. The quantitative estimate of drug-likeness (QED) is 0.876. The minimum atomic E-state index is -0.567. The molecule has 0 bridgehead atoms. The lowest BCUT2D eigenvalue weighted by atomic mass is 9.89. The van der Waals surface area contributed by atoms with Crippen LogP contribution in [-0.4, -0.2) is 29.6 Å². The van der Waals surface area contributed by atoms with Gasteiger partial charge in [-0.3, -0.25) is 0 Å². The van der Waals surface area contributed by atoms with Gasteiger partial charge in [0, 0.05) is 6.54 Å². The van der Waals surface area contributed by atoms with E-state index in [-0.39, 0.29) is 0 Å². The minimum absolute atomic E-state index is 0.567. The lowest BCUT2D eigenvalue weighted by Gasteiger charge is -2.26. The molecular weight excluding hydrogens is 218 g/mol. The van der Waals surface area contributed by atoms with E-state index in [0.717, 1.165) is 37.9 Å². The van der Waals surface area contributed by atoms with Crippen molar-refractivity contribution in [1.29, 1.82) is 0 Å². The van der Waals surface area contributed by atoms with Gasteiger partial charge in [-0.2, -0.15) is 11.3 Å². The molecule has 1 fully saturated rings. The molecule has 1 aliphatic heterocycles. The maximum atomic E-state index is 10.7. The fourth-order valence-corrected chi connectivity index (χ4v) is 3.28. The molecule has 0 aliphatic carbocycles. The second-order valence-electron chi connectivity index (χ2n) is 4.74. The second kappa shape index (κ2) is 5.30. The van der Waals surface area contributed by atoms with Crippen LogP contribution in [0.1, 0.15) is 38.2 Å². The van der Waals surface area contributed by atoms with Gasteiger partial charge in [-0.15, -0.1) is 0 Å². The highest BCUT2D eigenvalue weighted by molar-refractivity contribution is 7.08. The van der Waals surface area contributed by atoms with Gasteiger partial charge < -0.3 is 10.0 Å². The maximum absolute atomic E-state index is 10.7. The Bertz CT molecular complexity index is 312. The van der Waals surface area contributed by atoms with Crippen molar-refractivity contribution in [3.05, 3.63) is 22.4 Å². The molecule has 0 radical (unpaired) electrons. The lowest BCUT2D eigenvalue weighted by Crippen LogP contribution is -2.29. The van der Waals surface area contributed by atoms with E-state index in [1.165, 1.54) is 13.0 Å². The number of thiophene rings is 1. The highest BCUT2D eigenvalue weighted by Crippen LogP contribution is 2.33. The molecular formula is C13H21NOS. The van der Waals surface area contributed by atoms with Crippen LogP contribution in [0.25, 0.3) is 0 Å². The van der Waals surface area contributed by atoms with E-state index in [1.807, 2.05) is 0 Å². The molecule has 2 rings (SSSR count). The van der Waals surface area contributed by atoms with Gasteiger partial charge in [0.25, 0.3) is 0 Å². The normalized spacial score (nSPS) is 27.9. The first-order valence-electron chi connectivity index (χ1n) is 6.22. The van der Waals surface area contributed by atoms with Crippen LogP contribution in [0.5, 0.6) is 0 Å². The number of hydrogen-bond acceptors (Lipinski definition) is 3. The molecule has 2 heterocycles. The van der Waals surface area contributed by atoms with Crippen molar-refractivity contribution in [2.45, 2.75) is 38.2 Å². The van der Waals surface area contributed by atoms with E-state index < -0.39 is 5.60 Å². The van der Waals surface area contributed by atoms with Crippen molar-refractivity contribution in [3.63, 3.8) is 0 Å². The Morgan fingerprint density at radius 1 is 1.44 bits per heavy atom. The Morgan fingerprint density at radius 3 is 3.00 bits per heavy atom. The third-order valence-electron chi connectivity index (χ3n) is 3.50. The third-order valence-corrected chi connectivity index (χ3v) is 4.19. The number of likely N-dealkylation sites (tertiary alicyclic amines) is 1. The molecule has 90 valence electrons. The zero-order valence-corrected chi connectivity index (χ0v) is 10.8. The monoisotopic (exact) mass is 239 g/mol. The molecule has 1 aromatic heterocycles. The zero-order valence-electron chi connectivity index (χ0n) is 9.98. The second-order valence-corrected chi connectivity index (χ2v) is 5.52. The van der Waals surface area contributed by atoms with E-state index in [2.05, 4.69) is 28.7 Å². The van der Waals surface area contributed by atoms with Gasteiger partial charge in [0.15, 0.2) is 0 Å². The summed E-state index contributed by atoms with van der Waals surface area (Å²) >= 11 is 1.68. The van der Waals surface area contributed by atoms with Crippen molar-refractivity contribution < 1.29 is 5.11 Å². The highest BCUT2D eigenvalue weighted by Gasteiger charge is 2.31. The molecule has 1 N–H and O–H groups in total. The molecule has 0 aromatic carbocycles. The summed E-state index contributed by atoms with van der Waals surface area (Å²) in [6.07, 6.45) is 4.09. The van der Waals surface area contributed by atoms with E-state index >= 15 is 0 Å². The Hall–Kier alpha value is -0.380. The van der Waals surface area contributed by atoms with Gasteiger partial charge in [0.2, 0.25) is 0 Å². The lowest BCUT2D eigenvalue weighted by molar-refractivity contribution is 0.0216. The molecule has 1 atom stereocenters. The largest absolute Gasteiger partial charge is 0.385 e. The molecule has 0 saturated carbocycles. The van der Waals surface area contributed by atoms with Crippen LogP contribution in [0.4, 0.5) is 0 Å². The van der Waals surface area contributed by atoms with Crippen molar-refractivity contribution in [1.82, 2.24) is 4.90 Å². The first-order valence-corrected chi connectivity index (χ1v) is 7.16. The maximum Gasteiger partial charge on any atom is 0.0917 e. The first-order chi connectivity index (χ1) is 7.74. The van der Waals surface area contributed by atoms with Crippen molar-refractivity contribution in [2.24, 2.45) is 0 Å². The summed E-state index contributed by atoms with van der Waals surface area (Å²) in [6, 6.07) is 2.07. The molecule has 1 saturated heterocycles. The topological polar surface area (TPSA) is 23.5 Å². The van der Waals surface area contributed by atoms with Gasteiger partial charge in [-0.05, 0) is 61.2 Å². The van der Waals surface area contributed by atoms with E-state index in [1.54, 1.807) is 11.3 Å². The van der Waals surface area contributed by atoms with Crippen molar-refractivity contribution in [2.75, 3.05) is 19.6 Å². The average Bonchev–Trinajstić information content (AvgIpc) is 2.74. The standard InChI is InChI=1S/C13H21NOS/c1-2-7-14-8-3-5-13(15,6-9-14)12-4-10-16-11-12/h4,10-11,15H,2-3,5-9H2,1H3. The van der Waals surface area contributed by atoms with E-state index in [0.29, 0.717) is 0 Å². The number of rotatable bonds is 3. The van der Waals surface area contributed by atoms with E-state index in [9.17, 15) is 5.11 Å². The Labute approximate surface area is 102 Å². The fraction of sp³-hybridized carbons (Fsp3) is 0.692. The molecule has 0 amide bonds. The third kappa shape index (κ3) is 2.65. The Morgan fingerprint density at radius 2 is 2.31 bits per heavy atom. The number of hydrogen-bond donors (Lipinski definition) is 1. The van der Waals surface area contributed by atoms with Crippen LogP contribution in [0.2, 0.25) is 0 Å². The molecule has 1 aromatic rings. The predicted octanol–water partition coefficient (Wildman–Crippen LogP) is 2.83. The SMILES string of the molecule is CCCN1CCCC(O)(c2ccsc2)CC1. The van der Waals surface area contributed by atoms with Gasteiger partial charge in [0.1, 0.15) is 0 Å². The molecule has 16 heavy (non-hydrogen) atoms. The summed E-state index contributed by atoms with van der Waals surface area (Å²) in [5.41, 5.74) is 0.554. The van der Waals surface area contributed by atoms with Gasteiger partial charge >= 0.3 is 0 Å². The Balaban J connectivity index is 2.02. The predicted molar refractivity (Wildman–Crippen MR) is 68.8 cm³/mol. The van der Waals surface area contributed by atoms with Crippen LogP contribution in [0.15, 0.2) is 16.8 Å². The van der Waals surface area contributed by atoms with Crippen LogP contribution >= 0.6 is 11.3 Å². The average molecular weight is 239 g/mol. The summed E-state index contributed by atoms with van der Waals surface area (Å²) in [4.78, 5) is 2.48. The van der Waals surface area contributed by atoms with Crippen LogP contribution in [0, 0.1) is 0 Å². The molecule has 1 aliphatic rings. The molecule has 3 heteroatoms. The molecule has 0 spiro atoms. The smallest absolute Gasteiger partial charge is 0.0917 e. The summed E-state index contributed by atoms with van der Waals surface area (Å²) in [6.45, 7) is 5.55. The zero-order chi connectivity index (χ0) is 11.4. The van der Waals surface area contributed by atoms with Crippen LogP contribution in [0.3, 0.4) is 0 Å². The molecule has 1 unspecified atom stereocenters. The van der Waals surface area contributed by atoms with E-state index in [4.69, 9.17) is 0 Å². The summed E-state index contributed by atoms with van der Waals surface area (Å²) < 4.78 is 0. The first kappa shape index (κ1) is 12.1. The minimum Gasteiger partial charge on any atom is -0.385 e. The van der Waals surface area contributed by atoms with Crippen molar-refractivity contribution >= 4 is 11.3 Å². The molecule has 2 nitrogen and oxygen atoms in total. The highest BCUT2D eigenvalue weighted by atomic mass is 32.1. The Kier molecular flexibility index (Phi) is 4.00. The van der Waals surface area contributed by atoms with Crippen LogP contribution in [-0.2, 0) is 5.60 Å². The number of nitrogens with zero attached hydrogens (tertiary/aromatic N) is 1. The van der Waals surface area contributed by atoms with Crippen molar-refractivity contribution in [3.8, 4) is 0 Å². The van der Waals surface area contributed by atoms with Gasteiger partial charge in [-0.25, -0.2) is 0 Å². The van der Waals surface area contributed by atoms with Gasteiger partial charge in [0.05, 0.1) is 5.60 Å². The van der Waals surface area contributed by atoms with Gasteiger partial charge in [-0.1, -0.05) is 6.92 Å². The summed E-state index contributed by atoms with van der Waals surface area (Å²) in [7, 11) is 0. The van der Waals surface area contributed by atoms with Crippen LogP contribution < -0.4 is 0 Å². The summed E-state index contributed by atoms with van der Waals surface area (Å²) in [5.74, 6) is 0. The summed E-state index contributed by atoms with van der Waals surface area (Å²) in [5, 5.41) is 14.8. The number of aliphatic hydroxyl groups is 1.